The monoisotopic (exact) mass is 488 g/mol. The van der Waals surface area contributed by atoms with Crippen molar-refractivity contribution in [1.29, 1.82) is 0 Å². The van der Waals surface area contributed by atoms with Gasteiger partial charge in [0.25, 0.3) is 11.8 Å². The predicted octanol–water partition coefficient (Wildman–Crippen LogP) is 6.59. The largest absolute Gasteiger partial charge is 0.321 e. The summed E-state index contributed by atoms with van der Waals surface area (Å²) >= 11 is 3.01. The third-order valence-electron chi connectivity index (χ3n) is 4.85. The topological polar surface area (TPSA) is 58.2 Å². The van der Waals surface area contributed by atoms with Crippen molar-refractivity contribution in [2.75, 3.05) is 5.32 Å². The number of rotatable bonds is 8. The summed E-state index contributed by atoms with van der Waals surface area (Å²) in [5.41, 5.74) is 2.66. The zero-order chi connectivity index (χ0) is 23.8. The first-order chi connectivity index (χ1) is 16.6. The number of anilines is 1. The van der Waals surface area contributed by atoms with Gasteiger partial charge in [-0.15, -0.1) is 11.8 Å². The summed E-state index contributed by atoms with van der Waals surface area (Å²) in [6, 6.07) is 24.6. The molecular weight excluding hydrogens is 467 g/mol. The number of amides is 2. The molecule has 0 saturated heterocycles. The van der Waals surface area contributed by atoms with Gasteiger partial charge in [-0.2, -0.15) is 11.3 Å². The first-order valence-electron chi connectivity index (χ1n) is 10.5. The van der Waals surface area contributed by atoms with Crippen molar-refractivity contribution in [3.63, 3.8) is 0 Å². The summed E-state index contributed by atoms with van der Waals surface area (Å²) in [5.74, 6) is -0.502. The van der Waals surface area contributed by atoms with E-state index < -0.39 is 5.91 Å². The molecule has 0 fully saturated rings. The summed E-state index contributed by atoms with van der Waals surface area (Å²) in [6.07, 6.45) is 1.64. The van der Waals surface area contributed by atoms with Crippen molar-refractivity contribution in [2.24, 2.45) is 0 Å². The highest BCUT2D eigenvalue weighted by Gasteiger charge is 2.15. The van der Waals surface area contributed by atoms with E-state index in [-0.39, 0.29) is 17.4 Å². The maximum Gasteiger partial charge on any atom is 0.272 e. The number of halogens is 1. The summed E-state index contributed by atoms with van der Waals surface area (Å²) in [4.78, 5) is 26.6. The number of hydrogen-bond acceptors (Lipinski definition) is 4. The maximum atomic E-state index is 13.8. The zero-order valence-corrected chi connectivity index (χ0v) is 19.7. The Hall–Kier alpha value is -3.68. The van der Waals surface area contributed by atoms with Gasteiger partial charge in [0.05, 0.1) is 0 Å². The average Bonchev–Trinajstić information content (AvgIpc) is 3.38. The first kappa shape index (κ1) is 23.5. The molecule has 0 saturated carbocycles. The van der Waals surface area contributed by atoms with Gasteiger partial charge in [0.15, 0.2) is 0 Å². The van der Waals surface area contributed by atoms with Gasteiger partial charge >= 0.3 is 0 Å². The van der Waals surface area contributed by atoms with E-state index in [1.807, 2.05) is 41.1 Å². The summed E-state index contributed by atoms with van der Waals surface area (Å²) < 4.78 is 13.8. The minimum absolute atomic E-state index is 0.144. The normalized spacial score (nSPS) is 11.1. The Morgan fingerprint density at radius 2 is 1.65 bits per heavy atom. The Kier molecular flexibility index (Phi) is 7.91. The molecule has 1 heterocycles. The molecule has 0 aliphatic rings. The van der Waals surface area contributed by atoms with E-state index in [2.05, 4.69) is 10.6 Å². The van der Waals surface area contributed by atoms with Gasteiger partial charge in [0.1, 0.15) is 11.5 Å². The molecular formula is C27H21FN2O2S2. The number of nitrogens with one attached hydrogen (secondary N) is 2. The van der Waals surface area contributed by atoms with Gasteiger partial charge in [-0.3, -0.25) is 9.59 Å². The van der Waals surface area contributed by atoms with E-state index in [1.54, 1.807) is 54.6 Å². The average molecular weight is 489 g/mol. The van der Waals surface area contributed by atoms with Crippen molar-refractivity contribution in [3.8, 4) is 0 Å². The molecule has 2 N–H and O–H groups in total. The number of carbonyl (C=O) groups excluding carboxylic acids is 2. The van der Waals surface area contributed by atoms with Crippen LogP contribution in [0, 0.1) is 5.82 Å². The lowest BCUT2D eigenvalue weighted by atomic mass is 10.2. The smallest absolute Gasteiger partial charge is 0.272 e. The SMILES string of the molecule is O=C(Nc1ccc(SCc2ccccc2F)cc1)/C(=C/c1ccsc1)NC(=O)c1ccccc1. The highest BCUT2D eigenvalue weighted by atomic mass is 32.2. The lowest BCUT2D eigenvalue weighted by Crippen LogP contribution is -2.30. The summed E-state index contributed by atoms with van der Waals surface area (Å²) in [6.45, 7) is 0. The molecule has 0 aliphatic carbocycles. The third-order valence-corrected chi connectivity index (χ3v) is 6.61. The van der Waals surface area contributed by atoms with Crippen LogP contribution < -0.4 is 10.6 Å². The number of benzene rings is 3. The van der Waals surface area contributed by atoms with E-state index >= 15 is 0 Å². The van der Waals surface area contributed by atoms with Crippen molar-refractivity contribution >= 4 is 46.7 Å². The van der Waals surface area contributed by atoms with E-state index in [4.69, 9.17) is 0 Å². The minimum Gasteiger partial charge on any atom is -0.321 e. The molecule has 0 unspecified atom stereocenters. The minimum atomic E-state index is -0.428. The molecule has 0 aliphatic heterocycles. The van der Waals surface area contributed by atoms with Gasteiger partial charge in [0, 0.05) is 21.9 Å². The molecule has 7 heteroatoms. The Labute approximate surface area is 205 Å². The summed E-state index contributed by atoms with van der Waals surface area (Å²) in [7, 11) is 0. The predicted molar refractivity (Wildman–Crippen MR) is 137 cm³/mol. The molecule has 0 spiro atoms. The fourth-order valence-electron chi connectivity index (χ4n) is 3.08. The van der Waals surface area contributed by atoms with E-state index in [0.29, 0.717) is 22.6 Å². The Balaban J connectivity index is 1.43. The van der Waals surface area contributed by atoms with Gasteiger partial charge < -0.3 is 10.6 Å². The van der Waals surface area contributed by atoms with Crippen LogP contribution in [-0.2, 0) is 10.5 Å². The second kappa shape index (κ2) is 11.4. The summed E-state index contributed by atoms with van der Waals surface area (Å²) in [5, 5.41) is 9.35. The second-order valence-electron chi connectivity index (χ2n) is 7.29. The molecule has 4 rings (SSSR count). The van der Waals surface area contributed by atoms with E-state index in [9.17, 15) is 14.0 Å². The molecule has 0 bridgehead atoms. The molecule has 170 valence electrons. The fraction of sp³-hybridized carbons (Fsp3) is 0.0370. The quantitative estimate of drug-likeness (QED) is 0.217. The molecule has 0 radical (unpaired) electrons. The Bertz CT molecular complexity index is 1290. The van der Waals surface area contributed by atoms with Gasteiger partial charge in [-0.1, -0.05) is 36.4 Å². The van der Waals surface area contributed by atoms with Crippen LogP contribution in [0.1, 0.15) is 21.5 Å². The Morgan fingerprint density at radius 1 is 0.912 bits per heavy atom. The maximum absolute atomic E-state index is 13.8. The van der Waals surface area contributed by atoms with Crippen molar-refractivity contribution in [2.45, 2.75) is 10.6 Å². The molecule has 4 nitrogen and oxygen atoms in total. The number of thioether (sulfide) groups is 1. The van der Waals surface area contributed by atoms with Crippen LogP contribution in [0.5, 0.6) is 0 Å². The molecule has 0 atom stereocenters. The second-order valence-corrected chi connectivity index (χ2v) is 9.12. The van der Waals surface area contributed by atoms with Crippen molar-refractivity contribution in [1.82, 2.24) is 5.32 Å². The van der Waals surface area contributed by atoms with Crippen LogP contribution in [0.15, 0.2) is 106 Å². The number of hydrogen-bond donors (Lipinski definition) is 2. The molecule has 3 aromatic carbocycles. The molecule has 4 aromatic rings. The van der Waals surface area contributed by atoms with Gasteiger partial charge in [-0.05, 0) is 76.5 Å². The van der Waals surface area contributed by atoms with Crippen LogP contribution in [0.2, 0.25) is 0 Å². The van der Waals surface area contributed by atoms with Crippen LogP contribution in [0.4, 0.5) is 10.1 Å². The number of thiophene rings is 1. The molecule has 1 aromatic heterocycles. The molecule has 2 amide bonds. The Morgan fingerprint density at radius 3 is 2.35 bits per heavy atom. The van der Waals surface area contributed by atoms with Gasteiger partial charge in [0.2, 0.25) is 0 Å². The number of carbonyl (C=O) groups is 2. The first-order valence-corrected chi connectivity index (χ1v) is 12.4. The lowest BCUT2D eigenvalue weighted by molar-refractivity contribution is -0.113. The third kappa shape index (κ3) is 6.43. The van der Waals surface area contributed by atoms with Crippen LogP contribution in [0.25, 0.3) is 6.08 Å². The van der Waals surface area contributed by atoms with Crippen LogP contribution in [0.3, 0.4) is 0 Å². The molecule has 34 heavy (non-hydrogen) atoms. The van der Waals surface area contributed by atoms with Crippen LogP contribution in [-0.4, -0.2) is 11.8 Å². The van der Waals surface area contributed by atoms with E-state index in [1.165, 1.54) is 29.2 Å². The van der Waals surface area contributed by atoms with Crippen molar-refractivity contribution < 1.29 is 14.0 Å². The fourth-order valence-corrected chi connectivity index (χ4v) is 4.58. The highest BCUT2D eigenvalue weighted by Crippen LogP contribution is 2.25. The highest BCUT2D eigenvalue weighted by molar-refractivity contribution is 7.98. The van der Waals surface area contributed by atoms with E-state index in [0.717, 1.165) is 10.5 Å². The lowest BCUT2D eigenvalue weighted by Gasteiger charge is -2.11. The standard InChI is InChI=1S/C27H21FN2O2S2/c28-24-9-5-4-8-21(24)18-34-23-12-10-22(11-13-23)29-27(32)25(16-19-14-15-33-17-19)30-26(31)20-6-2-1-3-7-20/h1-17H,18H2,(H,29,32)(H,30,31)/b25-16-. The van der Waals surface area contributed by atoms with Gasteiger partial charge in [-0.25, -0.2) is 4.39 Å². The van der Waals surface area contributed by atoms with Crippen molar-refractivity contribution in [3.05, 3.63) is 124 Å². The van der Waals surface area contributed by atoms with Crippen LogP contribution >= 0.6 is 23.1 Å². The zero-order valence-electron chi connectivity index (χ0n) is 18.0.